The summed E-state index contributed by atoms with van der Waals surface area (Å²) in [5, 5.41) is 16.5. The molecule has 0 bridgehead atoms. The summed E-state index contributed by atoms with van der Waals surface area (Å²) < 4.78 is 40.0. The third-order valence-corrected chi connectivity index (χ3v) is 6.83. The smallest absolute Gasteiger partial charge is 0.381 e. The number of hydrogen-bond acceptors (Lipinski definition) is 6. The monoisotopic (exact) mass is 542 g/mol. The van der Waals surface area contributed by atoms with Crippen LogP contribution in [0.4, 0.5) is 24.0 Å². The summed E-state index contributed by atoms with van der Waals surface area (Å²) in [6.07, 6.45) is -6.39. The van der Waals surface area contributed by atoms with Crippen molar-refractivity contribution >= 4 is 44.2 Å². The second-order valence-electron chi connectivity index (χ2n) is 9.02. The highest BCUT2D eigenvalue weighted by Gasteiger charge is 2.33. The summed E-state index contributed by atoms with van der Waals surface area (Å²) in [5.41, 5.74) is 7.23. The first kappa shape index (κ1) is 27.1. The summed E-state index contributed by atoms with van der Waals surface area (Å²) in [7, 11) is 0. The first-order chi connectivity index (χ1) is 17.9. The number of aromatic nitrogens is 1. The van der Waals surface area contributed by atoms with Gasteiger partial charge in [0.25, 0.3) is 11.8 Å². The van der Waals surface area contributed by atoms with Crippen molar-refractivity contribution in [2.75, 3.05) is 11.1 Å². The van der Waals surface area contributed by atoms with E-state index >= 15 is 0 Å². The number of carbonyl (C=O) groups excluding carboxylic acids is 2. The number of fused-ring (bicyclic) bond motifs is 1. The predicted molar refractivity (Wildman–Crippen MR) is 141 cm³/mol. The Kier molecular flexibility index (Phi) is 7.70. The van der Waals surface area contributed by atoms with E-state index in [1.807, 2.05) is 13.8 Å². The summed E-state index contributed by atoms with van der Waals surface area (Å²) in [6, 6.07) is 14.2. The van der Waals surface area contributed by atoms with E-state index in [2.05, 4.69) is 15.6 Å². The van der Waals surface area contributed by atoms with Gasteiger partial charge in [0.2, 0.25) is 0 Å². The molecule has 198 valence electrons. The van der Waals surface area contributed by atoms with Crippen molar-refractivity contribution in [2.45, 2.75) is 38.1 Å². The van der Waals surface area contributed by atoms with Gasteiger partial charge in [-0.05, 0) is 59.5 Å². The fourth-order valence-corrected chi connectivity index (χ4v) is 4.63. The highest BCUT2D eigenvalue weighted by Crippen LogP contribution is 2.31. The number of halogens is 3. The number of nitrogens with one attached hydrogen (secondary N) is 2. The van der Waals surface area contributed by atoms with E-state index in [4.69, 9.17) is 5.73 Å². The standard InChI is InChI=1S/C27H25F3N4O3S/c1-14(2)15-3-5-17(6-4-15)24(36)34-22(16-7-9-18(10-8-16)27(28,29)30)23(35)25(37)32-19-11-12-20-21(13-19)38-26(31)33-20/h3-14,22-23,35H,1-2H3,(H2,31,33)(H,32,37)(H,34,36). The molecule has 5 N–H and O–H groups in total. The van der Waals surface area contributed by atoms with Crippen LogP contribution < -0.4 is 16.4 Å². The van der Waals surface area contributed by atoms with Crippen LogP contribution in [0.1, 0.15) is 52.9 Å². The second kappa shape index (κ2) is 10.8. The van der Waals surface area contributed by atoms with Crippen molar-refractivity contribution in [1.29, 1.82) is 0 Å². The molecule has 0 aliphatic rings. The molecule has 0 radical (unpaired) electrons. The molecular formula is C27H25F3N4O3S. The Morgan fingerprint density at radius 3 is 2.21 bits per heavy atom. The fraction of sp³-hybridized carbons (Fsp3) is 0.222. The number of alkyl halides is 3. The molecule has 38 heavy (non-hydrogen) atoms. The van der Waals surface area contributed by atoms with E-state index in [0.717, 1.165) is 29.8 Å². The molecule has 2 amide bonds. The number of rotatable bonds is 7. The lowest BCUT2D eigenvalue weighted by molar-refractivity contribution is -0.137. The van der Waals surface area contributed by atoms with E-state index in [9.17, 15) is 27.9 Å². The third-order valence-electron chi connectivity index (χ3n) is 5.98. The van der Waals surface area contributed by atoms with Crippen molar-refractivity contribution in [3.63, 3.8) is 0 Å². The summed E-state index contributed by atoms with van der Waals surface area (Å²) in [5.74, 6) is -1.21. The second-order valence-corrected chi connectivity index (χ2v) is 10.1. The number of thiazole rings is 1. The minimum absolute atomic E-state index is 0.124. The molecular weight excluding hydrogens is 517 g/mol. The Balaban J connectivity index is 1.60. The van der Waals surface area contributed by atoms with Gasteiger partial charge in [0, 0.05) is 11.3 Å². The zero-order valence-corrected chi connectivity index (χ0v) is 21.2. The molecule has 3 aromatic carbocycles. The number of carbonyl (C=O) groups is 2. The van der Waals surface area contributed by atoms with Crippen molar-refractivity contribution in [3.8, 4) is 0 Å². The van der Waals surface area contributed by atoms with Crippen LogP contribution in [0.15, 0.2) is 66.7 Å². The molecule has 4 aromatic rings. The molecule has 0 saturated carbocycles. The molecule has 0 aliphatic carbocycles. The van der Waals surface area contributed by atoms with Gasteiger partial charge in [-0.1, -0.05) is 49.4 Å². The van der Waals surface area contributed by atoms with Crippen molar-refractivity contribution in [1.82, 2.24) is 10.3 Å². The molecule has 0 saturated heterocycles. The quantitative estimate of drug-likeness (QED) is 0.246. The Bertz CT molecular complexity index is 1450. The van der Waals surface area contributed by atoms with E-state index in [-0.39, 0.29) is 17.0 Å². The first-order valence-electron chi connectivity index (χ1n) is 11.7. The Labute approximate surface area is 220 Å². The minimum atomic E-state index is -4.57. The van der Waals surface area contributed by atoms with Gasteiger partial charge in [0.05, 0.1) is 21.8 Å². The summed E-state index contributed by atoms with van der Waals surface area (Å²) >= 11 is 1.22. The van der Waals surface area contributed by atoms with E-state index in [1.165, 1.54) is 11.3 Å². The van der Waals surface area contributed by atoms with Crippen LogP contribution in [0.25, 0.3) is 10.2 Å². The number of aliphatic hydroxyl groups is 1. The van der Waals surface area contributed by atoms with Crippen molar-refractivity contribution in [2.24, 2.45) is 0 Å². The third kappa shape index (κ3) is 6.12. The average molecular weight is 543 g/mol. The lowest BCUT2D eigenvalue weighted by Crippen LogP contribution is -2.42. The molecule has 2 unspecified atom stereocenters. The van der Waals surface area contributed by atoms with Crippen LogP contribution in [0, 0.1) is 0 Å². The molecule has 0 aliphatic heterocycles. The summed E-state index contributed by atoms with van der Waals surface area (Å²) in [4.78, 5) is 30.2. The lowest BCUT2D eigenvalue weighted by Gasteiger charge is -2.24. The highest BCUT2D eigenvalue weighted by atomic mass is 32.1. The van der Waals surface area contributed by atoms with Gasteiger partial charge >= 0.3 is 6.18 Å². The van der Waals surface area contributed by atoms with Crippen LogP contribution in [0.5, 0.6) is 0 Å². The maximum absolute atomic E-state index is 13.1. The van der Waals surface area contributed by atoms with Crippen molar-refractivity contribution < 1.29 is 27.9 Å². The SMILES string of the molecule is CC(C)c1ccc(C(=O)NC(c2ccc(C(F)(F)F)cc2)C(O)C(=O)Nc2ccc3nc(N)sc3c2)cc1. The number of aliphatic hydroxyl groups excluding tert-OH is 1. The number of nitrogens with zero attached hydrogens (tertiary/aromatic N) is 1. The zero-order valence-electron chi connectivity index (χ0n) is 20.4. The predicted octanol–water partition coefficient (Wildman–Crippen LogP) is 5.49. The molecule has 0 spiro atoms. The van der Waals surface area contributed by atoms with Crippen LogP contribution >= 0.6 is 11.3 Å². The molecule has 7 nitrogen and oxygen atoms in total. The Morgan fingerprint density at radius 2 is 1.61 bits per heavy atom. The van der Waals surface area contributed by atoms with Gasteiger partial charge in [0.15, 0.2) is 11.2 Å². The maximum atomic E-state index is 13.1. The van der Waals surface area contributed by atoms with Crippen LogP contribution in [0.3, 0.4) is 0 Å². The van der Waals surface area contributed by atoms with Gasteiger partial charge in [0.1, 0.15) is 0 Å². The topological polar surface area (TPSA) is 117 Å². The molecule has 1 heterocycles. The Morgan fingerprint density at radius 1 is 0.974 bits per heavy atom. The van der Waals surface area contributed by atoms with Crippen molar-refractivity contribution in [3.05, 3.63) is 89.0 Å². The number of nitrogens with two attached hydrogens (primary N) is 1. The number of anilines is 2. The lowest BCUT2D eigenvalue weighted by atomic mass is 9.98. The van der Waals surface area contributed by atoms with E-state index in [0.29, 0.717) is 21.0 Å². The van der Waals surface area contributed by atoms with E-state index < -0.39 is 35.7 Å². The molecule has 1 aromatic heterocycles. The molecule has 0 fully saturated rings. The fourth-order valence-electron chi connectivity index (χ4n) is 3.86. The van der Waals surface area contributed by atoms with Gasteiger partial charge in [-0.2, -0.15) is 13.2 Å². The van der Waals surface area contributed by atoms with Crippen LogP contribution in [-0.2, 0) is 11.0 Å². The minimum Gasteiger partial charge on any atom is -0.381 e. The number of benzene rings is 3. The number of nitrogen functional groups attached to an aromatic ring is 1. The number of hydrogen-bond donors (Lipinski definition) is 4. The van der Waals surface area contributed by atoms with E-state index in [1.54, 1.807) is 42.5 Å². The molecule has 11 heteroatoms. The zero-order chi connectivity index (χ0) is 27.6. The largest absolute Gasteiger partial charge is 0.416 e. The van der Waals surface area contributed by atoms with Crippen LogP contribution in [-0.4, -0.2) is 28.0 Å². The number of amides is 2. The Hall–Kier alpha value is -3.96. The van der Waals surface area contributed by atoms with Gasteiger partial charge < -0.3 is 21.5 Å². The molecule has 2 atom stereocenters. The molecule has 4 rings (SSSR count). The van der Waals surface area contributed by atoms with Gasteiger partial charge in [-0.25, -0.2) is 4.98 Å². The normalized spacial score (nSPS) is 13.3. The first-order valence-corrected chi connectivity index (χ1v) is 12.5. The highest BCUT2D eigenvalue weighted by molar-refractivity contribution is 7.22. The van der Waals surface area contributed by atoms with Crippen LogP contribution in [0.2, 0.25) is 0 Å². The maximum Gasteiger partial charge on any atom is 0.416 e. The van der Waals surface area contributed by atoms with Gasteiger partial charge in [-0.15, -0.1) is 0 Å². The van der Waals surface area contributed by atoms with Gasteiger partial charge in [-0.3, -0.25) is 9.59 Å². The average Bonchev–Trinajstić information content (AvgIpc) is 3.25. The summed E-state index contributed by atoms with van der Waals surface area (Å²) in [6.45, 7) is 4.01.